The topological polar surface area (TPSA) is 18.5 Å². The van der Waals surface area contributed by atoms with Crippen molar-refractivity contribution in [3.05, 3.63) is 59.7 Å². The number of benzene rings is 2. The van der Waals surface area contributed by atoms with Gasteiger partial charge in [-0.15, -0.1) is 23.5 Å². The zero-order valence-corrected chi connectivity index (χ0v) is 14.5. The molecule has 1 heterocycles. The molecule has 0 spiro atoms. The highest BCUT2D eigenvalue weighted by atomic mass is 32.2. The lowest BCUT2D eigenvalue weighted by atomic mass is 10.1. The molecule has 116 valence electrons. The predicted molar refractivity (Wildman–Crippen MR) is 96.1 cm³/mol. The van der Waals surface area contributed by atoms with Crippen molar-refractivity contribution >= 4 is 23.5 Å². The molecule has 22 heavy (non-hydrogen) atoms. The molecule has 0 aromatic heterocycles. The molecule has 0 aliphatic carbocycles. The van der Waals surface area contributed by atoms with Crippen LogP contribution in [0.15, 0.2) is 48.5 Å². The molecule has 4 heteroatoms. The molecule has 2 unspecified atom stereocenters. The third-order valence-corrected chi connectivity index (χ3v) is 6.96. The lowest BCUT2D eigenvalue weighted by molar-refractivity contribution is 0.414. The zero-order chi connectivity index (χ0) is 15.4. The quantitative estimate of drug-likeness (QED) is 0.754. The van der Waals surface area contributed by atoms with Crippen LogP contribution in [0.25, 0.3) is 0 Å². The van der Waals surface area contributed by atoms with Crippen LogP contribution in [-0.2, 0) is 0 Å². The molecular weight excluding hydrogens is 312 g/mol. The minimum Gasteiger partial charge on any atom is -0.497 e. The summed E-state index contributed by atoms with van der Waals surface area (Å²) in [6.07, 6.45) is 1.22. The zero-order valence-electron chi connectivity index (χ0n) is 12.8. The summed E-state index contributed by atoms with van der Waals surface area (Å²) in [6.45, 7) is 0. The average Bonchev–Trinajstić information content (AvgIpc) is 2.62. The summed E-state index contributed by atoms with van der Waals surface area (Å²) >= 11 is 4.08. The van der Waals surface area contributed by atoms with Gasteiger partial charge in [-0.2, -0.15) is 0 Å². The van der Waals surface area contributed by atoms with Crippen LogP contribution in [0, 0.1) is 0 Å². The number of hydrogen-bond donors (Lipinski definition) is 0. The van der Waals surface area contributed by atoms with E-state index in [9.17, 15) is 0 Å². The first-order valence-corrected chi connectivity index (χ1v) is 9.34. The maximum atomic E-state index is 5.25. The Morgan fingerprint density at radius 3 is 1.91 bits per heavy atom. The second-order valence-electron chi connectivity index (χ2n) is 5.16. The SMILES string of the molecule is COc1ccc(C2CCSC(c3ccc(OC)cc3)S2)cc1. The van der Waals surface area contributed by atoms with Crippen molar-refractivity contribution in [3.8, 4) is 11.5 Å². The van der Waals surface area contributed by atoms with E-state index in [1.165, 1.54) is 23.3 Å². The van der Waals surface area contributed by atoms with Gasteiger partial charge in [-0.05, 0) is 47.6 Å². The first-order valence-electron chi connectivity index (χ1n) is 7.35. The van der Waals surface area contributed by atoms with E-state index < -0.39 is 0 Å². The van der Waals surface area contributed by atoms with Crippen LogP contribution in [0.5, 0.6) is 11.5 Å². The monoisotopic (exact) mass is 332 g/mol. The van der Waals surface area contributed by atoms with E-state index in [0.29, 0.717) is 9.83 Å². The number of ether oxygens (including phenoxy) is 2. The molecule has 1 saturated heterocycles. The minimum absolute atomic E-state index is 0.492. The molecule has 2 nitrogen and oxygen atoms in total. The van der Waals surface area contributed by atoms with Crippen molar-refractivity contribution in [2.45, 2.75) is 16.3 Å². The number of methoxy groups -OCH3 is 2. The summed E-state index contributed by atoms with van der Waals surface area (Å²) in [4.78, 5) is 0. The first-order chi connectivity index (χ1) is 10.8. The predicted octanol–water partition coefficient (Wildman–Crippen LogP) is 5.31. The minimum atomic E-state index is 0.492. The third-order valence-electron chi connectivity index (χ3n) is 3.81. The van der Waals surface area contributed by atoms with Gasteiger partial charge in [0.05, 0.1) is 18.8 Å². The Morgan fingerprint density at radius 1 is 0.818 bits per heavy atom. The Hall–Kier alpha value is -1.26. The van der Waals surface area contributed by atoms with E-state index in [1.54, 1.807) is 14.2 Å². The molecule has 0 saturated carbocycles. The molecule has 3 rings (SSSR count). The standard InChI is InChI=1S/C18H20O2S2/c1-19-15-7-3-13(4-8-15)17-11-12-21-18(22-17)14-5-9-16(20-2)10-6-14/h3-10,17-18H,11-12H2,1-2H3. The van der Waals surface area contributed by atoms with Gasteiger partial charge in [0.25, 0.3) is 0 Å². The Kier molecular flexibility index (Phi) is 5.21. The van der Waals surface area contributed by atoms with Crippen LogP contribution in [0.3, 0.4) is 0 Å². The van der Waals surface area contributed by atoms with Gasteiger partial charge >= 0.3 is 0 Å². The number of thioether (sulfide) groups is 2. The highest BCUT2D eigenvalue weighted by molar-refractivity contribution is 8.17. The summed E-state index contributed by atoms with van der Waals surface area (Å²) in [7, 11) is 3.42. The molecule has 2 atom stereocenters. The van der Waals surface area contributed by atoms with Crippen molar-refractivity contribution in [1.29, 1.82) is 0 Å². The van der Waals surface area contributed by atoms with Crippen molar-refractivity contribution in [2.75, 3.05) is 20.0 Å². The smallest absolute Gasteiger partial charge is 0.118 e. The Labute approximate surface area is 140 Å². The van der Waals surface area contributed by atoms with Crippen LogP contribution in [0.2, 0.25) is 0 Å². The molecule has 2 aromatic carbocycles. The van der Waals surface area contributed by atoms with E-state index in [0.717, 1.165) is 11.5 Å². The Bertz CT molecular complexity index is 542. The summed E-state index contributed by atoms with van der Waals surface area (Å²) in [5, 5.41) is 0.555. The van der Waals surface area contributed by atoms with Gasteiger partial charge in [0.2, 0.25) is 0 Å². The van der Waals surface area contributed by atoms with Gasteiger partial charge in [0.1, 0.15) is 11.5 Å². The summed E-state index contributed by atoms with van der Waals surface area (Å²) in [5.41, 5.74) is 2.76. The van der Waals surface area contributed by atoms with Gasteiger partial charge < -0.3 is 9.47 Å². The fourth-order valence-electron chi connectivity index (χ4n) is 2.54. The third kappa shape index (κ3) is 3.55. The van der Waals surface area contributed by atoms with Gasteiger partial charge in [0.15, 0.2) is 0 Å². The molecule has 0 bridgehead atoms. The van der Waals surface area contributed by atoms with E-state index in [4.69, 9.17) is 9.47 Å². The maximum Gasteiger partial charge on any atom is 0.118 e. The Morgan fingerprint density at radius 2 is 1.36 bits per heavy atom. The summed E-state index contributed by atoms with van der Waals surface area (Å²) in [5.74, 6) is 3.03. The van der Waals surface area contributed by atoms with Gasteiger partial charge in [-0.25, -0.2) is 0 Å². The molecule has 1 fully saturated rings. The fraction of sp³-hybridized carbons (Fsp3) is 0.333. The van der Waals surface area contributed by atoms with Gasteiger partial charge in [-0.3, -0.25) is 0 Å². The number of hydrogen-bond acceptors (Lipinski definition) is 4. The van der Waals surface area contributed by atoms with E-state index >= 15 is 0 Å². The van der Waals surface area contributed by atoms with Crippen molar-refractivity contribution < 1.29 is 9.47 Å². The van der Waals surface area contributed by atoms with E-state index in [-0.39, 0.29) is 0 Å². The van der Waals surface area contributed by atoms with Crippen LogP contribution in [0.1, 0.15) is 27.4 Å². The van der Waals surface area contributed by atoms with E-state index in [2.05, 4.69) is 36.4 Å². The van der Waals surface area contributed by atoms with Crippen LogP contribution < -0.4 is 9.47 Å². The molecular formula is C18H20O2S2. The molecule has 1 aliphatic heterocycles. The van der Waals surface area contributed by atoms with E-state index in [1.807, 2.05) is 35.7 Å². The highest BCUT2D eigenvalue weighted by Gasteiger charge is 2.25. The molecule has 0 amide bonds. The van der Waals surface area contributed by atoms with Crippen LogP contribution in [-0.4, -0.2) is 20.0 Å². The first kappa shape index (κ1) is 15.6. The summed E-state index contributed by atoms with van der Waals surface area (Å²) < 4.78 is 11.0. The Balaban J connectivity index is 1.72. The second-order valence-corrected chi connectivity index (χ2v) is 7.99. The lowest BCUT2D eigenvalue weighted by Gasteiger charge is -2.29. The normalized spacial score (nSPS) is 21.4. The molecule has 2 aromatic rings. The maximum absolute atomic E-state index is 5.25. The van der Waals surface area contributed by atoms with Crippen LogP contribution in [0.4, 0.5) is 0 Å². The average molecular weight is 332 g/mol. The van der Waals surface area contributed by atoms with Crippen molar-refractivity contribution in [3.63, 3.8) is 0 Å². The van der Waals surface area contributed by atoms with Crippen molar-refractivity contribution in [2.24, 2.45) is 0 Å². The molecule has 0 N–H and O–H groups in total. The van der Waals surface area contributed by atoms with Gasteiger partial charge in [-0.1, -0.05) is 24.3 Å². The largest absolute Gasteiger partial charge is 0.497 e. The number of rotatable bonds is 4. The van der Waals surface area contributed by atoms with Crippen molar-refractivity contribution in [1.82, 2.24) is 0 Å². The lowest BCUT2D eigenvalue weighted by Crippen LogP contribution is -2.06. The highest BCUT2D eigenvalue weighted by Crippen LogP contribution is 2.53. The second kappa shape index (κ2) is 7.34. The van der Waals surface area contributed by atoms with Gasteiger partial charge in [0, 0.05) is 5.25 Å². The van der Waals surface area contributed by atoms with Crippen LogP contribution >= 0.6 is 23.5 Å². The molecule has 1 aliphatic rings. The molecule has 0 radical (unpaired) electrons. The summed E-state index contributed by atoms with van der Waals surface area (Å²) in [6, 6.07) is 17.0. The fourth-order valence-corrected chi connectivity index (χ4v) is 5.81.